The maximum absolute atomic E-state index is 12.4. The number of amidine groups is 1. The number of rotatable bonds is 6. The van der Waals surface area contributed by atoms with Crippen molar-refractivity contribution in [2.24, 2.45) is 16.8 Å². The Balaban J connectivity index is 2.79. The number of amides is 1. The number of carbonyl (C=O) groups is 1. The minimum atomic E-state index is -0.165. The zero-order valence-corrected chi connectivity index (χ0v) is 11.6. The monoisotopic (exact) mass is 267 g/mol. The van der Waals surface area contributed by atoms with E-state index in [9.17, 15) is 4.79 Å². The van der Waals surface area contributed by atoms with Crippen molar-refractivity contribution in [3.05, 3.63) is 23.7 Å². The molecule has 1 heterocycles. The van der Waals surface area contributed by atoms with Crippen LogP contribution in [-0.2, 0) is 0 Å². The summed E-state index contributed by atoms with van der Waals surface area (Å²) in [6.45, 7) is 6.87. The van der Waals surface area contributed by atoms with Crippen LogP contribution in [-0.4, -0.2) is 34.9 Å². The van der Waals surface area contributed by atoms with Crippen molar-refractivity contribution in [1.82, 2.24) is 4.90 Å². The summed E-state index contributed by atoms with van der Waals surface area (Å²) in [6.07, 6.45) is 1.83. The molecule has 1 aromatic rings. The Morgan fingerprint density at radius 2 is 2.26 bits per heavy atom. The summed E-state index contributed by atoms with van der Waals surface area (Å²) in [5.41, 5.74) is 6.25. The van der Waals surface area contributed by atoms with Crippen LogP contribution < -0.4 is 5.73 Å². The molecule has 1 rings (SSSR count). The van der Waals surface area contributed by atoms with Gasteiger partial charge in [0.1, 0.15) is 5.84 Å². The third-order valence-electron chi connectivity index (χ3n) is 2.70. The molecule has 6 nitrogen and oxygen atoms in total. The van der Waals surface area contributed by atoms with Gasteiger partial charge in [-0.3, -0.25) is 4.79 Å². The van der Waals surface area contributed by atoms with E-state index in [1.807, 2.05) is 20.8 Å². The molecule has 1 aromatic heterocycles. The normalized spacial score (nSPS) is 11.9. The lowest BCUT2D eigenvalue weighted by atomic mass is 10.1. The lowest BCUT2D eigenvalue weighted by molar-refractivity contribution is 0.0707. The number of oxime groups is 1. The number of carbonyl (C=O) groups excluding carboxylic acids is 1. The van der Waals surface area contributed by atoms with E-state index in [2.05, 4.69) is 5.16 Å². The number of furan rings is 1. The molecule has 1 amide bonds. The summed E-state index contributed by atoms with van der Waals surface area (Å²) < 4.78 is 5.22. The van der Waals surface area contributed by atoms with Gasteiger partial charge in [0.25, 0.3) is 5.91 Å². The minimum Gasteiger partial charge on any atom is -0.459 e. The predicted octanol–water partition coefficient (Wildman–Crippen LogP) is 1.82. The fourth-order valence-corrected chi connectivity index (χ4v) is 1.75. The van der Waals surface area contributed by atoms with E-state index in [-0.39, 0.29) is 11.7 Å². The quantitative estimate of drug-likeness (QED) is 0.356. The van der Waals surface area contributed by atoms with Crippen LogP contribution in [0.5, 0.6) is 0 Å². The average molecular weight is 267 g/mol. The molecular weight excluding hydrogens is 246 g/mol. The maximum atomic E-state index is 12.4. The summed E-state index contributed by atoms with van der Waals surface area (Å²) in [5, 5.41) is 11.4. The molecule has 0 atom stereocenters. The molecule has 3 N–H and O–H groups in total. The van der Waals surface area contributed by atoms with Gasteiger partial charge in [0.05, 0.1) is 6.26 Å². The highest BCUT2D eigenvalue weighted by molar-refractivity contribution is 5.93. The van der Waals surface area contributed by atoms with Crippen LogP contribution in [0.15, 0.2) is 21.9 Å². The highest BCUT2D eigenvalue weighted by Crippen LogP contribution is 2.13. The molecule has 0 radical (unpaired) electrons. The molecule has 106 valence electrons. The summed E-state index contributed by atoms with van der Waals surface area (Å²) >= 11 is 0. The largest absolute Gasteiger partial charge is 0.459 e. The molecule has 0 saturated carbocycles. The van der Waals surface area contributed by atoms with Crippen LogP contribution in [0, 0.1) is 12.8 Å². The Hall–Kier alpha value is -1.98. The van der Waals surface area contributed by atoms with E-state index < -0.39 is 0 Å². The van der Waals surface area contributed by atoms with Crippen molar-refractivity contribution >= 4 is 11.7 Å². The Kier molecular flexibility index (Phi) is 5.41. The number of nitrogens with two attached hydrogens (primary N) is 1. The van der Waals surface area contributed by atoms with Gasteiger partial charge in [0.2, 0.25) is 0 Å². The third-order valence-corrected chi connectivity index (χ3v) is 2.70. The Bertz CT molecular complexity index is 452. The fraction of sp³-hybridized carbons (Fsp3) is 0.538. The minimum absolute atomic E-state index is 0.109. The van der Waals surface area contributed by atoms with Crippen LogP contribution in [0.3, 0.4) is 0 Å². The Labute approximate surface area is 112 Å². The first kappa shape index (κ1) is 15.1. The molecule has 0 aromatic carbocycles. The lowest BCUT2D eigenvalue weighted by Crippen LogP contribution is -2.36. The van der Waals surface area contributed by atoms with Gasteiger partial charge in [0.15, 0.2) is 5.76 Å². The van der Waals surface area contributed by atoms with E-state index >= 15 is 0 Å². The van der Waals surface area contributed by atoms with Gasteiger partial charge in [-0.15, -0.1) is 0 Å². The lowest BCUT2D eigenvalue weighted by Gasteiger charge is -2.23. The third kappa shape index (κ3) is 4.31. The predicted molar refractivity (Wildman–Crippen MR) is 72.2 cm³/mol. The highest BCUT2D eigenvalue weighted by atomic mass is 16.4. The summed E-state index contributed by atoms with van der Waals surface area (Å²) in [6, 6.07) is 1.75. The number of aryl methyl sites for hydroxylation is 1. The number of nitrogens with zero attached hydrogens (tertiary/aromatic N) is 2. The molecule has 0 aliphatic heterocycles. The molecule has 0 fully saturated rings. The molecule has 0 aliphatic carbocycles. The van der Waals surface area contributed by atoms with Gasteiger partial charge < -0.3 is 20.3 Å². The Morgan fingerprint density at radius 1 is 1.58 bits per heavy atom. The molecule has 19 heavy (non-hydrogen) atoms. The zero-order valence-electron chi connectivity index (χ0n) is 11.6. The van der Waals surface area contributed by atoms with Gasteiger partial charge in [-0.2, -0.15) is 0 Å². The SMILES string of the molecule is Cc1ccoc1C(=O)N(CCC(N)=NO)CC(C)C. The van der Waals surface area contributed by atoms with Gasteiger partial charge in [-0.1, -0.05) is 19.0 Å². The van der Waals surface area contributed by atoms with E-state index in [1.165, 1.54) is 6.26 Å². The fourth-order valence-electron chi connectivity index (χ4n) is 1.75. The average Bonchev–Trinajstić information content (AvgIpc) is 2.78. The second-order valence-electron chi connectivity index (χ2n) is 4.92. The topological polar surface area (TPSA) is 92.1 Å². The first-order chi connectivity index (χ1) is 8.95. The van der Waals surface area contributed by atoms with Crippen molar-refractivity contribution in [2.75, 3.05) is 13.1 Å². The van der Waals surface area contributed by atoms with Crippen LogP contribution in [0.1, 0.15) is 36.4 Å². The number of hydrogen-bond donors (Lipinski definition) is 2. The van der Waals surface area contributed by atoms with Crippen LogP contribution in [0.25, 0.3) is 0 Å². The van der Waals surface area contributed by atoms with Crippen LogP contribution in [0.2, 0.25) is 0 Å². The molecule has 0 spiro atoms. The molecule has 0 aliphatic rings. The summed E-state index contributed by atoms with van der Waals surface area (Å²) in [5.74, 6) is 0.617. The van der Waals surface area contributed by atoms with Crippen molar-refractivity contribution in [2.45, 2.75) is 27.2 Å². The Morgan fingerprint density at radius 3 is 2.74 bits per heavy atom. The summed E-state index contributed by atoms with van der Waals surface area (Å²) in [7, 11) is 0. The van der Waals surface area contributed by atoms with Gasteiger partial charge in [0, 0.05) is 25.1 Å². The van der Waals surface area contributed by atoms with Crippen molar-refractivity contribution in [1.29, 1.82) is 0 Å². The van der Waals surface area contributed by atoms with Crippen molar-refractivity contribution < 1.29 is 14.4 Å². The second kappa shape index (κ2) is 6.82. The first-order valence-electron chi connectivity index (χ1n) is 6.25. The molecule has 0 saturated heterocycles. The van der Waals surface area contributed by atoms with E-state index in [4.69, 9.17) is 15.4 Å². The van der Waals surface area contributed by atoms with Crippen molar-refractivity contribution in [3.8, 4) is 0 Å². The standard InChI is InChI=1S/C13H21N3O3/c1-9(2)8-16(6-4-11(14)15-18)13(17)12-10(3)5-7-19-12/h5,7,9,18H,4,6,8H2,1-3H3,(H2,14,15). The smallest absolute Gasteiger partial charge is 0.289 e. The van der Waals surface area contributed by atoms with E-state index in [0.717, 1.165) is 5.56 Å². The first-order valence-corrected chi connectivity index (χ1v) is 6.25. The van der Waals surface area contributed by atoms with E-state index in [0.29, 0.717) is 31.2 Å². The summed E-state index contributed by atoms with van der Waals surface area (Å²) in [4.78, 5) is 14.0. The van der Waals surface area contributed by atoms with Gasteiger partial charge in [-0.25, -0.2) is 0 Å². The van der Waals surface area contributed by atoms with Gasteiger partial charge in [-0.05, 0) is 18.9 Å². The molecular formula is C13H21N3O3. The molecule has 6 heteroatoms. The maximum Gasteiger partial charge on any atom is 0.289 e. The second-order valence-corrected chi connectivity index (χ2v) is 4.92. The van der Waals surface area contributed by atoms with Gasteiger partial charge >= 0.3 is 0 Å². The van der Waals surface area contributed by atoms with Crippen LogP contribution >= 0.6 is 0 Å². The molecule has 0 unspecified atom stereocenters. The van der Waals surface area contributed by atoms with Crippen LogP contribution in [0.4, 0.5) is 0 Å². The van der Waals surface area contributed by atoms with Crippen molar-refractivity contribution in [3.63, 3.8) is 0 Å². The number of hydrogen-bond acceptors (Lipinski definition) is 4. The van der Waals surface area contributed by atoms with E-state index in [1.54, 1.807) is 11.0 Å². The highest BCUT2D eigenvalue weighted by Gasteiger charge is 2.21. The zero-order chi connectivity index (χ0) is 14.4. The molecule has 0 bridgehead atoms.